The van der Waals surface area contributed by atoms with Crippen molar-refractivity contribution in [1.29, 1.82) is 0 Å². The second-order valence-electron chi connectivity index (χ2n) is 4.96. The van der Waals surface area contributed by atoms with E-state index in [2.05, 4.69) is 6.92 Å². The molecule has 0 spiro atoms. The smallest absolute Gasteiger partial charge is 0.550 e. The molecule has 1 N–H and O–H groups in total. The van der Waals surface area contributed by atoms with Gasteiger partial charge in [-0.3, -0.25) is 4.55 Å². The number of aliphatic carboxylic acids is 1. The number of hydrogen-bond donors (Lipinski definition) is 1. The number of hydrogen-bond acceptors (Lipinski definition) is 4. The van der Waals surface area contributed by atoms with Crippen LogP contribution in [0.15, 0.2) is 0 Å². The van der Waals surface area contributed by atoms with Gasteiger partial charge < -0.3 is 9.90 Å². The number of unbranched alkanes of at least 4 members (excludes halogenated alkanes) is 9. The maximum atomic E-state index is 10.4. The van der Waals surface area contributed by atoms with Gasteiger partial charge in [0.15, 0.2) is 0 Å². The summed E-state index contributed by atoms with van der Waals surface area (Å²) in [5, 5.41) is 8.89. The van der Waals surface area contributed by atoms with Gasteiger partial charge in [-0.2, -0.15) is 8.42 Å². The van der Waals surface area contributed by atoms with Crippen LogP contribution in [0.4, 0.5) is 0 Å². The summed E-state index contributed by atoms with van der Waals surface area (Å²) in [4.78, 5) is 8.89. The van der Waals surface area contributed by atoms with Gasteiger partial charge in [-0.15, -0.1) is 0 Å². The van der Waals surface area contributed by atoms with E-state index in [-0.39, 0.29) is 35.3 Å². The molecule has 0 aromatic rings. The third kappa shape index (κ3) is 38.5. The Kier molecular flexibility index (Phi) is 23.1. The number of rotatable bonds is 11. The first-order chi connectivity index (χ1) is 9.29. The normalized spacial score (nSPS) is 10.2. The molecule has 0 radical (unpaired) electrons. The Bertz CT molecular complexity index is 313. The molecule has 5 nitrogen and oxygen atoms in total. The van der Waals surface area contributed by atoms with E-state index < -0.39 is 16.1 Å². The molecule has 0 rings (SSSR count). The van der Waals surface area contributed by atoms with E-state index in [9.17, 15) is 8.42 Å². The second kappa shape index (κ2) is 18.4. The van der Waals surface area contributed by atoms with E-state index >= 15 is 0 Å². The van der Waals surface area contributed by atoms with Crippen LogP contribution in [-0.4, -0.2) is 24.7 Å². The summed E-state index contributed by atoms with van der Waals surface area (Å²) in [6.45, 7) is 3.19. The fraction of sp³-hybridized carbons (Fsp3) is 0.929. The summed E-state index contributed by atoms with van der Waals surface area (Å²) >= 11 is 0. The molecule has 0 aromatic carbocycles. The first kappa shape index (κ1) is 26.3. The van der Waals surface area contributed by atoms with Crippen LogP contribution in [0.2, 0.25) is 0 Å². The Morgan fingerprint density at radius 1 is 0.905 bits per heavy atom. The summed E-state index contributed by atoms with van der Waals surface area (Å²) in [5.41, 5.74) is 0. The van der Waals surface area contributed by atoms with Gasteiger partial charge in [0.25, 0.3) is 10.1 Å². The van der Waals surface area contributed by atoms with E-state index in [1.807, 2.05) is 0 Å². The van der Waals surface area contributed by atoms with Gasteiger partial charge in [0.2, 0.25) is 0 Å². The predicted octanol–water partition coefficient (Wildman–Crippen LogP) is -0.445. The van der Waals surface area contributed by atoms with E-state index in [4.69, 9.17) is 14.5 Å². The van der Waals surface area contributed by atoms with Crippen molar-refractivity contribution >= 4 is 16.1 Å². The molecule has 0 aliphatic heterocycles. The Morgan fingerprint density at radius 3 is 1.48 bits per heavy atom. The van der Waals surface area contributed by atoms with Crippen molar-refractivity contribution in [2.24, 2.45) is 0 Å². The molecule has 0 amide bonds. The van der Waals surface area contributed by atoms with Crippen molar-refractivity contribution in [1.82, 2.24) is 0 Å². The third-order valence-corrected chi connectivity index (χ3v) is 3.56. The molecule has 122 valence electrons. The van der Waals surface area contributed by atoms with Crippen LogP contribution in [0, 0.1) is 0 Å². The number of carboxylic acid groups (broad SMARTS) is 1. The average molecular weight is 332 g/mol. The summed E-state index contributed by atoms with van der Waals surface area (Å²) in [6, 6.07) is 0. The Balaban J connectivity index is -0.000000572. The molecule has 0 bridgehead atoms. The minimum absolute atomic E-state index is 0. The minimum atomic E-state index is -3.73. The van der Waals surface area contributed by atoms with Crippen molar-refractivity contribution in [3.63, 3.8) is 0 Å². The molecule has 0 fully saturated rings. The van der Waals surface area contributed by atoms with Crippen LogP contribution in [0.3, 0.4) is 0 Å². The molecule has 0 heterocycles. The predicted molar refractivity (Wildman–Crippen MR) is 78.9 cm³/mol. The Hall–Kier alpha value is 0.380. The van der Waals surface area contributed by atoms with E-state index in [1.165, 1.54) is 44.9 Å². The van der Waals surface area contributed by atoms with Crippen molar-refractivity contribution < 1.29 is 52.4 Å². The Morgan fingerprint density at radius 2 is 1.19 bits per heavy atom. The second-order valence-corrected chi connectivity index (χ2v) is 6.53. The first-order valence-corrected chi connectivity index (χ1v) is 9.03. The van der Waals surface area contributed by atoms with Gasteiger partial charge in [0.1, 0.15) is 0 Å². The topological polar surface area (TPSA) is 94.5 Å². The van der Waals surface area contributed by atoms with Gasteiger partial charge in [-0.25, -0.2) is 0 Å². The fourth-order valence-electron chi connectivity index (χ4n) is 1.77. The molecule has 0 saturated heterocycles. The zero-order valence-electron chi connectivity index (χ0n) is 13.8. The molecule has 0 unspecified atom stereocenters. The van der Waals surface area contributed by atoms with Gasteiger partial charge in [-0.05, 0) is 13.3 Å². The van der Waals surface area contributed by atoms with Gasteiger partial charge >= 0.3 is 29.6 Å². The Labute approximate surface area is 151 Å². The number of carbonyl (C=O) groups is 1. The molecule has 0 atom stereocenters. The van der Waals surface area contributed by atoms with Crippen LogP contribution in [-0.2, 0) is 14.9 Å². The quantitative estimate of drug-likeness (QED) is 0.314. The fourth-order valence-corrected chi connectivity index (χ4v) is 2.34. The van der Waals surface area contributed by atoms with Crippen molar-refractivity contribution in [2.75, 3.05) is 5.75 Å². The molecular weight excluding hydrogens is 303 g/mol. The van der Waals surface area contributed by atoms with E-state index in [0.717, 1.165) is 19.8 Å². The maximum absolute atomic E-state index is 10.4. The van der Waals surface area contributed by atoms with Crippen LogP contribution < -0.4 is 34.7 Å². The SMILES string of the molecule is CC(=O)[O-].CCCCCCCCCCCCS(=O)(=O)O.[Na+]. The monoisotopic (exact) mass is 332 g/mol. The van der Waals surface area contributed by atoms with Gasteiger partial charge in [-0.1, -0.05) is 64.7 Å². The average Bonchev–Trinajstić information content (AvgIpc) is 2.29. The molecule has 0 aliphatic rings. The number of carbonyl (C=O) groups excluding carboxylic acids is 1. The molecule has 0 aliphatic carbocycles. The van der Waals surface area contributed by atoms with Crippen molar-refractivity contribution in [3.8, 4) is 0 Å². The summed E-state index contributed by atoms with van der Waals surface area (Å²) in [5.74, 6) is -1.16. The zero-order chi connectivity index (χ0) is 15.9. The summed E-state index contributed by atoms with van der Waals surface area (Å²) < 4.78 is 29.4. The third-order valence-electron chi connectivity index (χ3n) is 2.76. The van der Waals surface area contributed by atoms with Crippen molar-refractivity contribution in [3.05, 3.63) is 0 Å². The molecule has 7 heteroatoms. The standard InChI is InChI=1S/C12H26O3S.C2H4O2.Na/c1-2-3-4-5-6-7-8-9-10-11-12-16(13,14)15;1-2(3)4;/h2-12H2,1H3,(H,13,14,15);1H3,(H,3,4);/q;;+1/p-1. The maximum Gasteiger partial charge on any atom is 1.00 e. The summed E-state index contributed by atoms with van der Waals surface area (Å²) in [7, 11) is -3.73. The largest absolute Gasteiger partial charge is 1.00 e. The van der Waals surface area contributed by atoms with Gasteiger partial charge in [0, 0.05) is 5.97 Å². The molecule has 0 saturated carbocycles. The van der Waals surface area contributed by atoms with E-state index in [1.54, 1.807) is 0 Å². The molecule has 21 heavy (non-hydrogen) atoms. The van der Waals surface area contributed by atoms with Crippen molar-refractivity contribution in [2.45, 2.75) is 78.1 Å². The van der Waals surface area contributed by atoms with Crippen LogP contribution in [0.25, 0.3) is 0 Å². The number of carboxylic acids is 1. The summed E-state index contributed by atoms with van der Waals surface area (Å²) in [6.07, 6.45) is 11.7. The first-order valence-electron chi connectivity index (χ1n) is 7.42. The minimum Gasteiger partial charge on any atom is -0.550 e. The van der Waals surface area contributed by atoms with Crippen LogP contribution in [0.5, 0.6) is 0 Å². The molecule has 0 aromatic heterocycles. The van der Waals surface area contributed by atoms with Crippen LogP contribution in [0.1, 0.15) is 78.1 Å². The molecular formula is C14H29NaO5S. The zero-order valence-corrected chi connectivity index (χ0v) is 16.6. The van der Waals surface area contributed by atoms with Crippen LogP contribution >= 0.6 is 0 Å². The van der Waals surface area contributed by atoms with Gasteiger partial charge in [0.05, 0.1) is 5.75 Å². The van der Waals surface area contributed by atoms with E-state index in [0.29, 0.717) is 6.42 Å².